The average Bonchev–Trinajstić information content (AvgIpc) is 3.08. The molecule has 51 heavy (non-hydrogen) atoms. The number of benzene rings is 4. The molecular formula is C39H51N9O3. The molecule has 12 heteroatoms. The van der Waals surface area contributed by atoms with Crippen LogP contribution in [0.5, 0.6) is 0 Å². The molecule has 4 aromatic rings. The van der Waals surface area contributed by atoms with Gasteiger partial charge in [-0.15, -0.1) is 0 Å². The number of urea groups is 3. The van der Waals surface area contributed by atoms with Crippen LogP contribution in [-0.2, 0) is 38.9 Å². The molecule has 4 rings (SSSR count). The van der Waals surface area contributed by atoms with Crippen molar-refractivity contribution in [1.29, 1.82) is 0 Å². The van der Waals surface area contributed by atoms with Crippen LogP contribution in [0.4, 0.5) is 48.5 Å². The zero-order chi connectivity index (χ0) is 37.2. The molecule has 0 radical (unpaired) electrons. The normalized spacial score (nSPS) is 10.7. The third-order valence-electron chi connectivity index (χ3n) is 8.89. The van der Waals surface area contributed by atoms with E-state index in [4.69, 9.17) is 17.2 Å². The fraction of sp³-hybridized carbons (Fsp3) is 0.308. The van der Waals surface area contributed by atoms with E-state index in [1.807, 2.05) is 39.0 Å². The van der Waals surface area contributed by atoms with Crippen LogP contribution >= 0.6 is 0 Å². The maximum absolute atomic E-state index is 13.2. The smallest absolute Gasteiger partial charge is 0.319 e. The van der Waals surface area contributed by atoms with Crippen LogP contribution in [0.1, 0.15) is 70.8 Å². The van der Waals surface area contributed by atoms with Gasteiger partial charge in [0.05, 0.1) is 34.1 Å². The topological polar surface area (TPSA) is 201 Å². The van der Waals surface area contributed by atoms with Gasteiger partial charge in [0.1, 0.15) is 0 Å². The quantitative estimate of drug-likeness (QED) is 0.0714. The van der Waals surface area contributed by atoms with Gasteiger partial charge in [-0.25, -0.2) is 14.4 Å². The van der Waals surface area contributed by atoms with Crippen LogP contribution in [0.2, 0.25) is 0 Å². The lowest BCUT2D eigenvalue weighted by Gasteiger charge is -2.27. The summed E-state index contributed by atoms with van der Waals surface area (Å²) in [4.78, 5) is 39.5. The second-order valence-corrected chi connectivity index (χ2v) is 12.6. The van der Waals surface area contributed by atoms with Crippen molar-refractivity contribution in [2.75, 3.05) is 33.2 Å². The van der Waals surface area contributed by atoms with Gasteiger partial charge in [-0.3, -0.25) is 0 Å². The zero-order valence-electron chi connectivity index (χ0n) is 30.4. The summed E-state index contributed by atoms with van der Waals surface area (Å²) in [7, 11) is 0. The Bertz CT molecular complexity index is 1680. The van der Waals surface area contributed by atoms with Gasteiger partial charge in [0, 0.05) is 19.6 Å². The van der Waals surface area contributed by atoms with Crippen molar-refractivity contribution in [2.24, 2.45) is 0 Å². The predicted octanol–water partition coefficient (Wildman–Crippen LogP) is 7.01. The van der Waals surface area contributed by atoms with E-state index in [1.54, 1.807) is 36.4 Å². The molecule has 0 bridgehead atoms. The number of anilines is 6. The molecule has 0 saturated heterocycles. The lowest BCUT2D eigenvalue weighted by molar-refractivity contribution is 0.251. The molecule has 0 aromatic heterocycles. The number of rotatable bonds is 12. The first-order chi connectivity index (χ1) is 24.3. The summed E-state index contributed by atoms with van der Waals surface area (Å²) in [6.07, 6.45) is 1.94. The van der Waals surface area contributed by atoms with Crippen molar-refractivity contribution in [2.45, 2.75) is 80.4 Å². The Morgan fingerprint density at radius 3 is 0.922 bits per heavy atom. The molecule has 0 spiro atoms. The van der Waals surface area contributed by atoms with E-state index in [-0.39, 0.29) is 19.6 Å². The molecule has 4 aromatic carbocycles. The minimum Gasteiger partial charge on any atom is -0.397 e. The van der Waals surface area contributed by atoms with E-state index >= 15 is 0 Å². The third-order valence-corrected chi connectivity index (χ3v) is 8.89. The van der Waals surface area contributed by atoms with Gasteiger partial charge in [0.2, 0.25) is 0 Å². The van der Waals surface area contributed by atoms with Crippen LogP contribution in [0.25, 0.3) is 0 Å². The first kappa shape index (κ1) is 37.9. The number of carbonyl (C=O) groups excluding carboxylic acids is 3. The molecule has 270 valence electrons. The van der Waals surface area contributed by atoms with Gasteiger partial charge in [0.25, 0.3) is 0 Å². The average molecular weight is 694 g/mol. The van der Waals surface area contributed by atoms with Crippen LogP contribution in [0.15, 0.2) is 54.6 Å². The highest BCUT2D eigenvalue weighted by Crippen LogP contribution is 2.31. The predicted molar refractivity (Wildman–Crippen MR) is 209 cm³/mol. The van der Waals surface area contributed by atoms with Gasteiger partial charge in [-0.2, -0.15) is 0 Å². The third kappa shape index (κ3) is 9.62. The molecule has 12 N–H and O–H groups in total. The molecule has 0 aliphatic carbocycles. The van der Waals surface area contributed by atoms with Crippen molar-refractivity contribution in [3.63, 3.8) is 0 Å². The van der Waals surface area contributed by atoms with E-state index < -0.39 is 18.1 Å². The van der Waals surface area contributed by atoms with Gasteiger partial charge in [-0.05, 0) is 127 Å². The molecule has 12 nitrogen and oxygen atoms in total. The first-order valence-electron chi connectivity index (χ1n) is 17.2. The standard InChI is InChI=1S/C39H51N9O3/c1-7-25-28(19-43-37(49)46-34-13-10-22(4)16-31(34)40)26(8-2)30(21-45-39(51)48-36-15-12-24(6)18-33(36)42)27(9-3)29(25)20-44-38(50)47-35-14-11-23(5)17-32(35)41/h10-18H,7-9,19-21,40-42H2,1-6H3,(H2,43,46,49)(H2,44,47,50)(H2,45,48,51). The van der Waals surface area contributed by atoms with E-state index in [1.165, 1.54) is 0 Å². The maximum atomic E-state index is 13.2. The fourth-order valence-electron chi connectivity index (χ4n) is 6.41. The summed E-state index contributed by atoms with van der Waals surface area (Å²) in [5, 5.41) is 17.6. The monoisotopic (exact) mass is 693 g/mol. The summed E-state index contributed by atoms with van der Waals surface area (Å²) < 4.78 is 0. The highest BCUT2D eigenvalue weighted by Gasteiger charge is 2.23. The van der Waals surface area contributed by atoms with Crippen molar-refractivity contribution in [3.8, 4) is 0 Å². The Hall–Kier alpha value is -5.91. The molecule has 0 heterocycles. The Kier molecular flexibility index (Phi) is 12.7. The molecule has 6 amide bonds. The Labute approximate surface area is 300 Å². The van der Waals surface area contributed by atoms with Crippen LogP contribution in [-0.4, -0.2) is 18.1 Å². The fourth-order valence-corrected chi connectivity index (χ4v) is 6.41. The number of hydrogen-bond acceptors (Lipinski definition) is 6. The van der Waals surface area contributed by atoms with Gasteiger partial charge < -0.3 is 49.1 Å². The van der Waals surface area contributed by atoms with Crippen molar-refractivity contribution >= 4 is 52.2 Å². The van der Waals surface area contributed by atoms with Crippen molar-refractivity contribution in [1.82, 2.24) is 16.0 Å². The lowest BCUT2D eigenvalue weighted by Crippen LogP contribution is -2.33. The number of carbonyl (C=O) groups is 3. The Morgan fingerprint density at radius 1 is 0.451 bits per heavy atom. The lowest BCUT2D eigenvalue weighted by atomic mass is 9.83. The molecule has 0 saturated carbocycles. The molecule has 0 aliphatic heterocycles. The second kappa shape index (κ2) is 17.1. The number of nitrogens with one attached hydrogen (secondary N) is 6. The SMILES string of the molecule is CCc1c(CNC(=O)Nc2ccc(C)cc2N)c(CC)c(CNC(=O)Nc2ccc(C)cc2N)c(CC)c1CNC(=O)Nc1ccc(C)cc1N. The van der Waals surface area contributed by atoms with E-state index in [9.17, 15) is 14.4 Å². The Morgan fingerprint density at radius 2 is 0.706 bits per heavy atom. The summed E-state index contributed by atoms with van der Waals surface area (Å²) in [5.41, 5.74) is 30.2. The highest BCUT2D eigenvalue weighted by molar-refractivity contribution is 5.94. The largest absolute Gasteiger partial charge is 0.397 e. The van der Waals surface area contributed by atoms with E-state index in [2.05, 4.69) is 52.7 Å². The van der Waals surface area contributed by atoms with Crippen LogP contribution in [0, 0.1) is 20.8 Å². The summed E-state index contributed by atoms with van der Waals surface area (Å²) in [6, 6.07) is 15.1. The molecule has 0 atom stereocenters. The van der Waals surface area contributed by atoms with E-state index in [0.29, 0.717) is 53.4 Å². The van der Waals surface area contributed by atoms with Crippen molar-refractivity contribution in [3.05, 3.63) is 105 Å². The maximum Gasteiger partial charge on any atom is 0.319 e. The molecular weight excluding hydrogens is 642 g/mol. The number of nitrogen functional groups attached to an aromatic ring is 3. The summed E-state index contributed by atoms with van der Waals surface area (Å²) in [6.45, 7) is 12.6. The molecule has 0 fully saturated rings. The molecule has 0 unspecified atom stereocenters. The summed E-state index contributed by atoms with van der Waals surface area (Å²) >= 11 is 0. The minimum atomic E-state index is -0.404. The number of hydrogen-bond donors (Lipinski definition) is 9. The van der Waals surface area contributed by atoms with Crippen LogP contribution in [0.3, 0.4) is 0 Å². The highest BCUT2D eigenvalue weighted by atomic mass is 16.2. The second-order valence-electron chi connectivity index (χ2n) is 12.6. The zero-order valence-corrected chi connectivity index (χ0v) is 30.4. The van der Waals surface area contributed by atoms with E-state index in [0.717, 1.165) is 50.1 Å². The molecule has 0 aliphatic rings. The minimum absolute atomic E-state index is 0.214. The van der Waals surface area contributed by atoms with Crippen molar-refractivity contribution < 1.29 is 14.4 Å². The first-order valence-corrected chi connectivity index (χ1v) is 17.2. The van der Waals surface area contributed by atoms with Crippen LogP contribution < -0.4 is 49.1 Å². The Balaban J connectivity index is 1.66. The van der Waals surface area contributed by atoms with Gasteiger partial charge in [-0.1, -0.05) is 39.0 Å². The van der Waals surface area contributed by atoms with Gasteiger partial charge in [0.15, 0.2) is 0 Å². The van der Waals surface area contributed by atoms with Gasteiger partial charge >= 0.3 is 18.1 Å². The number of nitrogens with two attached hydrogens (primary N) is 3. The number of amides is 6. The number of aryl methyl sites for hydroxylation is 3. The summed E-state index contributed by atoms with van der Waals surface area (Å²) in [5.74, 6) is 0.